The summed E-state index contributed by atoms with van der Waals surface area (Å²) in [6.07, 6.45) is 0. The molecule has 6 nitrogen and oxygen atoms in total. The summed E-state index contributed by atoms with van der Waals surface area (Å²) in [6.45, 7) is 5.95. The number of nitrogens with one attached hydrogen (secondary N) is 2. The van der Waals surface area contributed by atoms with E-state index in [4.69, 9.17) is 9.26 Å². The summed E-state index contributed by atoms with van der Waals surface area (Å²) < 4.78 is 11.1. The summed E-state index contributed by atoms with van der Waals surface area (Å²) >= 11 is 0. The van der Waals surface area contributed by atoms with Crippen molar-refractivity contribution in [2.75, 3.05) is 7.05 Å². The van der Waals surface area contributed by atoms with Crippen LogP contribution in [0.15, 0.2) is 70.2 Å². The van der Waals surface area contributed by atoms with E-state index in [0.717, 1.165) is 28.3 Å². The average molecular weight is 393 g/mol. The van der Waals surface area contributed by atoms with Gasteiger partial charge in [0, 0.05) is 19.7 Å². The van der Waals surface area contributed by atoms with Crippen LogP contribution in [0.5, 0.6) is 5.75 Å². The number of nitrogens with zero attached hydrogens (tertiary/aromatic N) is 2. The molecule has 6 heteroatoms. The molecule has 0 fully saturated rings. The highest BCUT2D eigenvalue weighted by atomic mass is 16.5. The van der Waals surface area contributed by atoms with Gasteiger partial charge in [-0.2, -0.15) is 0 Å². The van der Waals surface area contributed by atoms with Crippen LogP contribution < -0.4 is 15.4 Å². The zero-order valence-electron chi connectivity index (χ0n) is 17.2. The number of hydrogen-bond donors (Lipinski definition) is 2. The molecule has 2 aromatic carbocycles. The summed E-state index contributed by atoms with van der Waals surface area (Å²) in [4.78, 5) is 4.25. The van der Waals surface area contributed by atoms with Crippen molar-refractivity contribution in [2.45, 2.75) is 39.5 Å². The van der Waals surface area contributed by atoms with E-state index in [1.165, 1.54) is 0 Å². The molecular formula is C23H28N4O2. The molecule has 3 rings (SSSR count). The fraction of sp³-hybridized carbons (Fsp3) is 0.304. The van der Waals surface area contributed by atoms with Gasteiger partial charge >= 0.3 is 0 Å². The van der Waals surface area contributed by atoms with Gasteiger partial charge in [-0.25, -0.2) is 0 Å². The highest BCUT2D eigenvalue weighted by Gasteiger charge is 2.08. The van der Waals surface area contributed by atoms with Crippen molar-refractivity contribution < 1.29 is 9.26 Å². The van der Waals surface area contributed by atoms with E-state index in [9.17, 15) is 0 Å². The van der Waals surface area contributed by atoms with Gasteiger partial charge in [0.1, 0.15) is 12.4 Å². The molecule has 0 amide bonds. The van der Waals surface area contributed by atoms with Crippen LogP contribution in [-0.4, -0.2) is 18.2 Å². The van der Waals surface area contributed by atoms with Crippen molar-refractivity contribution >= 4 is 5.96 Å². The Hall–Kier alpha value is -3.28. The molecule has 1 heterocycles. The Morgan fingerprint density at radius 2 is 1.69 bits per heavy atom. The summed E-state index contributed by atoms with van der Waals surface area (Å²) in [6, 6.07) is 20.2. The van der Waals surface area contributed by atoms with Crippen LogP contribution in [0.3, 0.4) is 0 Å². The van der Waals surface area contributed by atoms with Gasteiger partial charge in [-0.15, -0.1) is 0 Å². The maximum atomic E-state index is 5.78. The fourth-order valence-corrected chi connectivity index (χ4v) is 2.70. The van der Waals surface area contributed by atoms with E-state index in [2.05, 4.69) is 58.9 Å². The molecule has 0 radical (unpaired) electrons. The third-order valence-electron chi connectivity index (χ3n) is 4.45. The van der Waals surface area contributed by atoms with E-state index in [1.807, 2.05) is 36.4 Å². The standard InChI is InChI=1S/C23H28N4O2/c1-17(2)22-13-21(29-27-22)15-26-23(24-3)25-14-18-9-11-19(12-10-18)16-28-20-7-5-4-6-8-20/h4-13,17H,14-16H2,1-3H3,(H2,24,25,26). The minimum absolute atomic E-state index is 0.353. The molecule has 0 saturated carbocycles. The molecule has 0 bridgehead atoms. The predicted molar refractivity (Wildman–Crippen MR) is 115 cm³/mol. The lowest BCUT2D eigenvalue weighted by atomic mass is 10.1. The maximum Gasteiger partial charge on any atom is 0.191 e. The van der Waals surface area contributed by atoms with Crippen LogP contribution in [0.4, 0.5) is 0 Å². The molecule has 2 N–H and O–H groups in total. The lowest BCUT2D eigenvalue weighted by molar-refractivity contribution is 0.306. The summed E-state index contributed by atoms with van der Waals surface area (Å²) in [5.74, 6) is 2.73. The van der Waals surface area contributed by atoms with Crippen LogP contribution >= 0.6 is 0 Å². The number of rotatable bonds is 8. The largest absolute Gasteiger partial charge is 0.489 e. The Balaban J connectivity index is 1.44. The van der Waals surface area contributed by atoms with Crippen molar-refractivity contribution in [2.24, 2.45) is 4.99 Å². The van der Waals surface area contributed by atoms with Crippen LogP contribution in [-0.2, 0) is 19.7 Å². The Morgan fingerprint density at radius 1 is 1.00 bits per heavy atom. The quantitative estimate of drug-likeness (QED) is 0.443. The molecule has 0 aliphatic rings. The fourth-order valence-electron chi connectivity index (χ4n) is 2.70. The van der Waals surface area contributed by atoms with Gasteiger partial charge in [0.05, 0.1) is 12.2 Å². The first-order valence-corrected chi connectivity index (χ1v) is 9.79. The SMILES string of the molecule is CN=C(NCc1ccc(COc2ccccc2)cc1)NCc1cc(C(C)C)no1. The van der Waals surface area contributed by atoms with Gasteiger partial charge in [0.15, 0.2) is 11.7 Å². The molecule has 29 heavy (non-hydrogen) atoms. The lowest BCUT2D eigenvalue weighted by Crippen LogP contribution is -2.36. The van der Waals surface area contributed by atoms with E-state index in [0.29, 0.717) is 31.6 Å². The summed E-state index contributed by atoms with van der Waals surface area (Å²) in [5, 5.41) is 10.6. The second kappa shape index (κ2) is 10.3. The first kappa shape index (κ1) is 20.5. The number of para-hydroxylation sites is 1. The Kier molecular flexibility index (Phi) is 7.28. The van der Waals surface area contributed by atoms with Gasteiger partial charge in [0.2, 0.25) is 0 Å². The van der Waals surface area contributed by atoms with Gasteiger partial charge in [-0.3, -0.25) is 4.99 Å². The van der Waals surface area contributed by atoms with Crippen molar-refractivity contribution in [3.05, 3.63) is 83.2 Å². The molecule has 0 aliphatic heterocycles. The van der Waals surface area contributed by atoms with Crippen LogP contribution in [0.2, 0.25) is 0 Å². The topological polar surface area (TPSA) is 71.7 Å². The smallest absolute Gasteiger partial charge is 0.191 e. The first-order chi connectivity index (χ1) is 14.1. The first-order valence-electron chi connectivity index (χ1n) is 9.79. The predicted octanol–water partition coefficient (Wildman–Crippen LogP) is 4.24. The Labute approximate surface area is 172 Å². The molecule has 0 aliphatic carbocycles. The second-order valence-electron chi connectivity index (χ2n) is 7.07. The molecule has 152 valence electrons. The zero-order valence-corrected chi connectivity index (χ0v) is 17.2. The highest BCUT2D eigenvalue weighted by Crippen LogP contribution is 2.14. The number of benzene rings is 2. The van der Waals surface area contributed by atoms with Gasteiger partial charge in [-0.05, 0) is 29.2 Å². The number of aromatic nitrogens is 1. The summed E-state index contributed by atoms with van der Waals surface area (Å²) in [5.41, 5.74) is 3.26. The average Bonchev–Trinajstić information content (AvgIpc) is 3.23. The van der Waals surface area contributed by atoms with Crippen molar-refractivity contribution in [3.63, 3.8) is 0 Å². The van der Waals surface area contributed by atoms with Crippen LogP contribution in [0, 0.1) is 0 Å². The van der Waals surface area contributed by atoms with Gasteiger partial charge in [-0.1, -0.05) is 61.5 Å². The number of guanidine groups is 1. The highest BCUT2D eigenvalue weighted by molar-refractivity contribution is 5.79. The number of ether oxygens (including phenoxy) is 1. The van der Waals surface area contributed by atoms with Gasteiger partial charge < -0.3 is 19.9 Å². The van der Waals surface area contributed by atoms with E-state index >= 15 is 0 Å². The Bertz CT molecular complexity index is 902. The molecular weight excluding hydrogens is 364 g/mol. The van der Waals surface area contributed by atoms with Crippen molar-refractivity contribution in [1.82, 2.24) is 15.8 Å². The van der Waals surface area contributed by atoms with Gasteiger partial charge in [0.25, 0.3) is 0 Å². The third-order valence-corrected chi connectivity index (χ3v) is 4.45. The van der Waals surface area contributed by atoms with E-state index < -0.39 is 0 Å². The van der Waals surface area contributed by atoms with Crippen molar-refractivity contribution in [1.29, 1.82) is 0 Å². The Morgan fingerprint density at radius 3 is 2.34 bits per heavy atom. The maximum absolute atomic E-state index is 5.78. The minimum Gasteiger partial charge on any atom is -0.489 e. The van der Waals surface area contributed by atoms with E-state index in [-0.39, 0.29) is 0 Å². The van der Waals surface area contributed by atoms with Crippen LogP contribution in [0.25, 0.3) is 0 Å². The third kappa shape index (κ3) is 6.38. The molecule has 3 aromatic rings. The molecule has 0 unspecified atom stereocenters. The molecule has 0 atom stereocenters. The number of aliphatic imine (C=N–C) groups is 1. The van der Waals surface area contributed by atoms with Crippen LogP contribution in [0.1, 0.15) is 42.3 Å². The normalized spacial score (nSPS) is 11.5. The van der Waals surface area contributed by atoms with Crippen molar-refractivity contribution in [3.8, 4) is 5.75 Å². The summed E-state index contributed by atoms with van der Waals surface area (Å²) in [7, 11) is 1.75. The molecule has 0 saturated heterocycles. The van der Waals surface area contributed by atoms with E-state index in [1.54, 1.807) is 7.05 Å². The monoisotopic (exact) mass is 392 g/mol. The second-order valence-corrected chi connectivity index (χ2v) is 7.07. The lowest BCUT2D eigenvalue weighted by Gasteiger charge is -2.11. The molecule has 1 aromatic heterocycles. The zero-order chi connectivity index (χ0) is 20.5. The number of hydrogen-bond acceptors (Lipinski definition) is 4. The minimum atomic E-state index is 0.353. The molecule has 0 spiro atoms.